The van der Waals surface area contributed by atoms with Crippen LogP contribution in [0.15, 0.2) is 30.3 Å². The highest BCUT2D eigenvalue weighted by Crippen LogP contribution is 2.32. The van der Waals surface area contributed by atoms with Gasteiger partial charge in [-0.3, -0.25) is 9.59 Å². The minimum Gasteiger partial charge on any atom is -0.353 e. The lowest BCUT2D eigenvalue weighted by Gasteiger charge is -2.32. The average Bonchev–Trinajstić information content (AvgIpc) is 3.41. The van der Waals surface area contributed by atoms with Gasteiger partial charge in [-0.25, -0.2) is 0 Å². The van der Waals surface area contributed by atoms with Gasteiger partial charge in [0, 0.05) is 25.6 Å². The molecule has 1 heterocycles. The van der Waals surface area contributed by atoms with Crippen LogP contribution in [-0.4, -0.2) is 35.8 Å². The Morgan fingerprint density at radius 1 is 1.12 bits per heavy atom. The standard InChI is InChI=1S/C20H28N2O2/c1-15(18-7-8-18)21-19(23)13-17-9-11-22(12-10-17)20(24)14-16-5-3-2-4-6-16/h2-6,15,17-18H,7-14H2,1H3,(H,21,23)/t15-/m0/s1. The second kappa shape index (κ2) is 7.82. The van der Waals surface area contributed by atoms with Crippen LogP contribution in [0, 0.1) is 11.8 Å². The van der Waals surface area contributed by atoms with Crippen LogP contribution in [0.1, 0.15) is 44.6 Å². The van der Waals surface area contributed by atoms with Gasteiger partial charge in [-0.15, -0.1) is 0 Å². The van der Waals surface area contributed by atoms with Crippen molar-refractivity contribution in [1.82, 2.24) is 10.2 Å². The van der Waals surface area contributed by atoms with Crippen molar-refractivity contribution in [2.24, 2.45) is 11.8 Å². The third-order valence-corrected chi connectivity index (χ3v) is 5.36. The number of rotatable bonds is 6. The lowest BCUT2D eigenvalue weighted by atomic mass is 9.92. The molecule has 24 heavy (non-hydrogen) atoms. The Kier molecular flexibility index (Phi) is 5.54. The second-order valence-electron chi connectivity index (χ2n) is 7.38. The van der Waals surface area contributed by atoms with E-state index < -0.39 is 0 Å². The van der Waals surface area contributed by atoms with Gasteiger partial charge in [0.1, 0.15) is 0 Å². The molecule has 1 saturated carbocycles. The Labute approximate surface area is 144 Å². The zero-order chi connectivity index (χ0) is 16.9. The van der Waals surface area contributed by atoms with E-state index in [1.807, 2.05) is 35.2 Å². The Bertz CT molecular complexity index is 560. The summed E-state index contributed by atoms with van der Waals surface area (Å²) in [6.45, 7) is 3.67. The fourth-order valence-electron chi connectivity index (χ4n) is 3.56. The summed E-state index contributed by atoms with van der Waals surface area (Å²) in [5.41, 5.74) is 1.07. The predicted octanol–water partition coefficient (Wildman–Crippen LogP) is 2.77. The summed E-state index contributed by atoms with van der Waals surface area (Å²) in [6, 6.07) is 10.2. The van der Waals surface area contributed by atoms with E-state index in [1.54, 1.807) is 0 Å². The average molecular weight is 328 g/mol. The molecule has 1 aromatic rings. The van der Waals surface area contributed by atoms with Crippen LogP contribution in [0.4, 0.5) is 0 Å². The number of carbonyl (C=O) groups excluding carboxylic acids is 2. The third kappa shape index (κ3) is 4.83. The number of nitrogens with one attached hydrogen (secondary N) is 1. The molecule has 3 rings (SSSR count). The van der Waals surface area contributed by atoms with Crippen molar-refractivity contribution in [2.75, 3.05) is 13.1 Å². The zero-order valence-corrected chi connectivity index (χ0v) is 14.5. The largest absolute Gasteiger partial charge is 0.353 e. The molecule has 130 valence electrons. The molecule has 2 aliphatic rings. The Hall–Kier alpha value is -1.84. The Balaban J connectivity index is 1.38. The van der Waals surface area contributed by atoms with Crippen molar-refractivity contribution in [3.8, 4) is 0 Å². The van der Waals surface area contributed by atoms with Crippen LogP contribution in [0.3, 0.4) is 0 Å². The number of piperidine rings is 1. The quantitative estimate of drug-likeness (QED) is 0.873. The molecule has 1 aromatic carbocycles. The number of benzene rings is 1. The number of hydrogen-bond acceptors (Lipinski definition) is 2. The molecule has 0 unspecified atom stereocenters. The molecular weight excluding hydrogens is 300 g/mol. The van der Waals surface area contributed by atoms with Crippen molar-refractivity contribution < 1.29 is 9.59 Å². The lowest BCUT2D eigenvalue weighted by Crippen LogP contribution is -2.41. The first-order valence-corrected chi connectivity index (χ1v) is 9.23. The third-order valence-electron chi connectivity index (χ3n) is 5.36. The molecular formula is C20H28N2O2. The summed E-state index contributed by atoms with van der Waals surface area (Å²) in [7, 11) is 0. The van der Waals surface area contributed by atoms with Crippen molar-refractivity contribution in [1.29, 1.82) is 0 Å². The molecule has 4 heteroatoms. The van der Waals surface area contributed by atoms with Crippen molar-refractivity contribution in [3.05, 3.63) is 35.9 Å². The molecule has 1 N–H and O–H groups in total. The van der Waals surface area contributed by atoms with E-state index in [-0.39, 0.29) is 11.8 Å². The zero-order valence-electron chi connectivity index (χ0n) is 14.5. The van der Waals surface area contributed by atoms with Crippen molar-refractivity contribution in [2.45, 2.75) is 51.5 Å². The molecule has 1 saturated heterocycles. The maximum atomic E-state index is 12.4. The second-order valence-corrected chi connectivity index (χ2v) is 7.38. The fourth-order valence-corrected chi connectivity index (χ4v) is 3.56. The molecule has 1 aliphatic carbocycles. The highest BCUT2D eigenvalue weighted by atomic mass is 16.2. The summed E-state index contributed by atoms with van der Waals surface area (Å²) in [4.78, 5) is 26.4. The van der Waals surface area contributed by atoms with E-state index in [1.165, 1.54) is 12.8 Å². The van der Waals surface area contributed by atoms with Crippen molar-refractivity contribution >= 4 is 11.8 Å². The van der Waals surface area contributed by atoms with Crippen LogP contribution >= 0.6 is 0 Å². The smallest absolute Gasteiger partial charge is 0.226 e. The number of likely N-dealkylation sites (tertiary alicyclic amines) is 1. The van der Waals surface area contributed by atoms with Gasteiger partial charge in [0.25, 0.3) is 0 Å². The summed E-state index contributed by atoms with van der Waals surface area (Å²) in [5, 5.41) is 3.14. The predicted molar refractivity (Wildman–Crippen MR) is 94.4 cm³/mol. The van der Waals surface area contributed by atoms with Gasteiger partial charge in [0.15, 0.2) is 0 Å². The van der Waals surface area contributed by atoms with E-state index in [2.05, 4.69) is 12.2 Å². The molecule has 1 aliphatic heterocycles. The summed E-state index contributed by atoms with van der Waals surface area (Å²) in [6.07, 6.45) is 5.47. The topological polar surface area (TPSA) is 49.4 Å². The van der Waals surface area contributed by atoms with Gasteiger partial charge in [-0.2, -0.15) is 0 Å². The maximum Gasteiger partial charge on any atom is 0.226 e. The fraction of sp³-hybridized carbons (Fsp3) is 0.600. The number of carbonyl (C=O) groups is 2. The van der Waals surface area contributed by atoms with Crippen LogP contribution in [0.5, 0.6) is 0 Å². The summed E-state index contributed by atoms with van der Waals surface area (Å²) < 4.78 is 0. The Morgan fingerprint density at radius 2 is 1.79 bits per heavy atom. The highest BCUT2D eigenvalue weighted by Gasteiger charge is 2.30. The van der Waals surface area contributed by atoms with Gasteiger partial charge in [0.2, 0.25) is 11.8 Å². The monoisotopic (exact) mass is 328 g/mol. The van der Waals surface area contributed by atoms with E-state index in [0.717, 1.165) is 31.5 Å². The van der Waals surface area contributed by atoms with Crippen LogP contribution in [0.25, 0.3) is 0 Å². The number of nitrogens with zero attached hydrogens (tertiary/aromatic N) is 1. The summed E-state index contributed by atoms with van der Waals surface area (Å²) in [5.74, 6) is 1.50. The normalized spacial score (nSPS) is 19.8. The maximum absolute atomic E-state index is 12.4. The number of amides is 2. The molecule has 1 atom stereocenters. The molecule has 0 bridgehead atoms. The Morgan fingerprint density at radius 3 is 2.42 bits per heavy atom. The van der Waals surface area contributed by atoms with Gasteiger partial charge in [-0.1, -0.05) is 30.3 Å². The molecule has 2 fully saturated rings. The van der Waals surface area contributed by atoms with E-state index in [4.69, 9.17) is 0 Å². The SMILES string of the molecule is C[C@H](NC(=O)CC1CCN(C(=O)Cc2ccccc2)CC1)C1CC1. The highest BCUT2D eigenvalue weighted by molar-refractivity contribution is 5.79. The van der Waals surface area contributed by atoms with E-state index in [9.17, 15) is 9.59 Å². The van der Waals surface area contributed by atoms with Crippen LogP contribution in [-0.2, 0) is 16.0 Å². The first kappa shape index (κ1) is 17.0. The van der Waals surface area contributed by atoms with Crippen molar-refractivity contribution in [3.63, 3.8) is 0 Å². The van der Waals surface area contributed by atoms with E-state index >= 15 is 0 Å². The number of hydrogen-bond donors (Lipinski definition) is 1. The first-order valence-electron chi connectivity index (χ1n) is 9.23. The first-order chi connectivity index (χ1) is 11.6. The molecule has 0 spiro atoms. The van der Waals surface area contributed by atoms with Gasteiger partial charge in [0.05, 0.1) is 6.42 Å². The lowest BCUT2D eigenvalue weighted by molar-refractivity contribution is -0.132. The molecule has 2 amide bonds. The molecule has 4 nitrogen and oxygen atoms in total. The molecule has 0 radical (unpaired) electrons. The summed E-state index contributed by atoms with van der Waals surface area (Å²) >= 11 is 0. The van der Waals surface area contributed by atoms with E-state index in [0.29, 0.717) is 30.7 Å². The minimum atomic E-state index is 0.184. The van der Waals surface area contributed by atoms with Gasteiger partial charge < -0.3 is 10.2 Å². The molecule has 0 aromatic heterocycles. The van der Waals surface area contributed by atoms with Gasteiger partial charge >= 0.3 is 0 Å². The van der Waals surface area contributed by atoms with Gasteiger partial charge in [-0.05, 0) is 50.0 Å². The van der Waals surface area contributed by atoms with Crippen LogP contribution in [0.2, 0.25) is 0 Å². The van der Waals surface area contributed by atoms with Crippen LogP contribution < -0.4 is 5.32 Å². The minimum absolute atomic E-state index is 0.184.